The highest BCUT2D eigenvalue weighted by atomic mass is 35.5. The van der Waals surface area contributed by atoms with Crippen LogP contribution in [0.2, 0.25) is 10.0 Å². The summed E-state index contributed by atoms with van der Waals surface area (Å²) in [7, 11) is -3.48. The number of carboxylic acid groups (broad SMARTS) is 1. The lowest BCUT2D eigenvalue weighted by Gasteiger charge is -2.34. The fraction of sp³-hybridized carbons (Fsp3) is 0.391. The van der Waals surface area contributed by atoms with Crippen LogP contribution in [-0.4, -0.2) is 50.2 Å². The van der Waals surface area contributed by atoms with E-state index in [0.717, 1.165) is 0 Å². The molecule has 8 nitrogen and oxygen atoms in total. The number of hydrogen-bond donors (Lipinski definition) is 3. The fourth-order valence-electron chi connectivity index (χ4n) is 3.90. The van der Waals surface area contributed by atoms with Crippen molar-refractivity contribution in [1.29, 1.82) is 0 Å². The number of benzene rings is 2. The lowest BCUT2D eigenvalue weighted by atomic mass is 9.94. The van der Waals surface area contributed by atoms with Gasteiger partial charge in [0.15, 0.2) is 9.84 Å². The van der Waals surface area contributed by atoms with Crippen LogP contribution in [-0.2, 0) is 19.4 Å². The minimum Gasteiger partial charge on any atom is -0.481 e. The number of amides is 1. The monoisotopic (exact) mass is 563 g/mol. The topological polar surface area (TPSA) is 130 Å². The number of sulfone groups is 1. The van der Waals surface area contributed by atoms with Crippen LogP contribution < -0.4 is 16.0 Å². The Balaban J connectivity index is 1.88. The SMILES string of the molecule is CCS(=O)(=O)c1ccc(C(CC(=O)O)C(=O)Nc2cc(Cl)c(N3CCC(F)(F)CC3)c(Cl)c2N)cc1. The van der Waals surface area contributed by atoms with Crippen molar-refractivity contribution in [1.82, 2.24) is 0 Å². The van der Waals surface area contributed by atoms with Gasteiger partial charge in [0.05, 0.1) is 50.1 Å². The highest BCUT2D eigenvalue weighted by Gasteiger charge is 2.35. The summed E-state index contributed by atoms with van der Waals surface area (Å²) in [6.07, 6.45) is -1.31. The smallest absolute Gasteiger partial charge is 0.304 e. The lowest BCUT2D eigenvalue weighted by Crippen LogP contribution is -2.39. The molecular weight excluding hydrogens is 539 g/mol. The van der Waals surface area contributed by atoms with E-state index in [2.05, 4.69) is 5.32 Å². The number of anilines is 3. The molecule has 1 unspecified atom stereocenters. The Kier molecular flexibility index (Phi) is 8.37. The zero-order valence-electron chi connectivity index (χ0n) is 19.2. The Labute approximate surface area is 217 Å². The van der Waals surface area contributed by atoms with Gasteiger partial charge in [-0.05, 0) is 23.8 Å². The van der Waals surface area contributed by atoms with E-state index < -0.39 is 40.0 Å². The number of aliphatic carboxylic acids is 1. The van der Waals surface area contributed by atoms with Crippen molar-refractivity contribution in [2.45, 2.75) is 42.9 Å². The highest BCUT2D eigenvalue weighted by molar-refractivity contribution is 7.91. The Bertz CT molecular complexity index is 1260. The van der Waals surface area contributed by atoms with Crippen LogP contribution in [0.25, 0.3) is 0 Å². The van der Waals surface area contributed by atoms with Crippen molar-refractivity contribution >= 4 is 62.0 Å². The predicted octanol–water partition coefficient (Wildman–Crippen LogP) is 4.80. The number of nitrogens with one attached hydrogen (secondary N) is 1. The molecule has 1 atom stereocenters. The van der Waals surface area contributed by atoms with Gasteiger partial charge < -0.3 is 21.1 Å². The summed E-state index contributed by atoms with van der Waals surface area (Å²) in [5.41, 5.74) is 6.66. The molecule has 0 aliphatic carbocycles. The maximum Gasteiger partial charge on any atom is 0.304 e. The number of alkyl halides is 2. The van der Waals surface area contributed by atoms with E-state index >= 15 is 0 Å². The van der Waals surface area contributed by atoms with Gasteiger partial charge in [-0.25, -0.2) is 17.2 Å². The zero-order valence-corrected chi connectivity index (χ0v) is 21.6. The normalized spacial score (nSPS) is 16.4. The Morgan fingerprint density at radius 1 is 1.19 bits per heavy atom. The molecule has 1 aliphatic heterocycles. The van der Waals surface area contributed by atoms with Crippen LogP contribution in [0.15, 0.2) is 35.2 Å². The summed E-state index contributed by atoms with van der Waals surface area (Å²) in [6, 6.07) is 6.73. The number of nitrogens with zero attached hydrogens (tertiary/aromatic N) is 1. The number of hydrogen-bond acceptors (Lipinski definition) is 6. The molecule has 2 aromatic rings. The summed E-state index contributed by atoms with van der Waals surface area (Å²) < 4.78 is 51.2. The predicted molar refractivity (Wildman–Crippen MR) is 135 cm³/mol. The van der Waals surface area contributed by atoms with Gasteiger partial charge in [0.1, 0.15) is 0 Å². The standard InChI is InChI=1S/C23H25Cl2F2N3O5S/c1-2-36(34,35)14-5-3-13(4-6-14)15(11-18(31)32)22(33)29-17-12-16(24)21(19(25)20(17)28)30-9-7-23(26,27)8-10-30/h3-6,12,15H,2,7-11,28H2,1H3,(H,29,33)(H,31,32). The molecule has 0 saturated carbocycles. The second-order valence-corrected chi connectivity index (χ2v) is 11.5. The number of carbonyl (C=O) groups excluding carboxylic acids is 1. The van der Waals surface area contributed by atoms with E-state index in [-0.39, 0.29) is 69.3 Å². The first kappa shape index (κ1) is 27.9. The first-order valence-electron chi connectivity index (χ1n) is 11.0. The number of carbonyl (C=O) groups is 2. The highest BCUT2D eigenvalue weighted by Crippen LogP contribution is 2.44. The zero-order chi connectivity index (χ0) is 26.8. The Morgan fingerprint density at radius 3 is 2.31 bits per heavy atom. The molecule has 0 bridgehead atoms. The Hall–Kier alpha value is -2.63. The third-order valence-electron chi connectivity index (χ3n) is 6.02. The van der Waals surface area contributed by atoms with E-state index in [0.29, 0.717) is 0 Å². The second kappa shape index (κ2) is 10.8. The van der Waals surface area contributed by atoms with Crippen LogP contribution in [0.1, 0.15) is 37.7 Å². The van der Waals surface area contributed by atoms with E-state index in [1.807, 2.05) is 0 Å². The van der Waals surface area contributed by atoms with Crippen LogP contribution in [0.3, 0.4) is 0 Å². The van der Waals surface area contributed by atoms with Gasteiger partial charge in [-0.15, -0.1) is 0 Å². The van der Waals surface area contributed by atoms with E-state index in [4.69, 9.17) is 28.9 Å². The molecule has 1 amide bonds. The first-order valence-corrected chi connectivity index (χ1v) is 13.4. The molecule has 1 fully saturated rings. The molecule has 1 heterocycles. The average molecular weight is 564 g/mol. The van der Waals surface area contributed by atoms with Crippen molar-refractivity contribution < 1.29 is 31.9 Å². The number of rotatable bonds is 8. The van der Waals surface area contributed by atoms with E-state index in [9.17, 15) is 31.9 Å². The van der Waals surface area contributed by atoms with Gasteiger partial charge in [-0.1, -0.05) is 42.3 Å². The number of nitrogen functional groups attached to an aromatic ring is 1. The maximum atomic E-state index is 13.5. The Morgan fingerprint density at radius 2 is 1.78 bits per heavy atom. The number of nitrogens with two attached hydrogens (primary N) is 1. The van der Waals surface area contributed by atoms with Gasteiger partial charge in [0, 0.05) is 25.9 Å². The van der Waals surface area contributed by atoms with Crippen LogP contribution >= 0.6 is 23.2 Å². The number of piperidine rings is 1. The first-order chi connectivity index (χ1) is 16.8. The third kappa shape index (κ3) is 6.19. The molecule has 13 heteroatoms. The van der Waals surface area contributed by atoms with Crippen LogP contribution in [0.4, 0.5) is 25.8 Å². The van der Waals surface area contributed by atoms with Crippen molar-refractivity contribution in [3.63, 3.8) is 0 Å². The molecule has 1 aliphatic rings. The van der Waals surface area contributed by atoms with Crippen molar-refractivity contribution in [2.24, 2.45) is 0 Å². The van der Waals surface area contributed by atoms with Crippen LogP contribution in [0.5, 0.6) is 0 Å². The molecule has 196 valence electrons. The molecule has 4 N–H and O–H groups in total. The van der Waals surface area contributed by atoms with Gasteiger partial charge in [0.25, 0.3) is 5.92 Å². The number of carboxylic acids is 1. The van der Waals surface area contributed by atoms with E-state index in [1.165, 1.54) is 37.3 Å². The summed E-state index contributed by atoms with van der Waals surface area (Å²) in [5.74, 6) is -6.04. The van der Waals surface area contributed by atoms with Crippen LogP contribution in [0, 0.1) is 0 Å². The minimum atomic E-state index is -3.48. The van der Waals surface area contributed by atoms with Crippen molar-refractivity contribution in [3.8, 4) is 0 Å². The summed E-state index contributed by atoms with van der Waals surface area (Å²) in [5, 5.41) is 11.9. The molecule has 0 spiro atoms. The molecule has 1 saturated heterocycles. The van der Waals surface area contributed by atoms with Crippen molar-refractivity contribution in [3.05, 3.63) is 45.9 Å². The molecule has 3 rings (SSSR count). The van der Waals surface area contributed by atoms with Gasteiger partial charge >= 0.3 is 5.97 Å². The minimum absolute atomic E-state index is 0.0159. The molecule has 0 aromatic heterocycles. The summed E-state index contributed by atoms with van der Waals surface area (Å²) in [6.45, 7) is 1.53. The lowest BCUT2D eigenvalue weighted by molar-refractivity contribution is -0.139. The fourth-order valence-corrected chi connectivity index (χ4v) is 5.48. The molecule has 36 heavy (non-hydrogen) atoms. The summed E-state index contributed by atoms with van der Waals surface area (Å²) in [4.78, 5) is 26.2. The third-order valence-corrected chi connectivity index (χ3v) is 8.44. The van der Waals surface area contributed by atoms with Gasteiger partial charge in [0.2, 0.25) is 5.91 Å². The molecule has 2 aromatic carbocycles. The van der Waals surface area contributed by atoms with E-state index in [1.54, 1.807) is 4.90 Å². The summed E-state index contributed by atoms with van der Waals surface area (Å²) >= 11 is 12.8. The molecule has 0 radical (unpaired) electrons. The van der Waals surface area contributed by atoms with Gasteiger partial charge in [-0.3, -0.25) is 9.59 Å². The maximum absolute atomic E-state index is 13.5. The molecular formula is C23H25Cl2F2N3O5S. The number of halogens is 4. The quantitative estimate of drug-likeness (QED) is 0.393. The largest absolute Gasteiger partial charge is 0.481 e. The second-order valence-electron chi connectivity index (χ2n) is 8.44. The van der Waals surface area contributed by atoms with Gasteiger partial charge in [-0.2, -0.15) is 0 Å². The average Bonchev–Trinajstić information content (AvgIpc) is 2.81. The van der Waals surface area contributed by atoms with Crippen molar-refractivity contribution in [2.75, 3.05) is 34.8 Å².